The predicted molar refractivity (Wildman–Crippen MR) is 69.3 cm³/mol. The molecule has 0 aliphatic carbocycles. The third-order valence-corrected chi connectivity index (χ3v) is 3.47. The van der Waals surface area contributed by atoms with Crippen molar-refractivity contribution in [2.24, 2.45) is 5.92 Å². The molecule has 1 aliphatic heterocycles. The van der Waals surface area contributed by atoms with Crippen LogP contribution in [0.2, 0.25) is 0 Å². The summed E-state index contributed by atoms with van der Waals surface area (Å²) in [5.74, 6) is 0.702. The fraction of sp³-hybridized carbons (Fsp3) is 0.923. The first-order valence-electron chi connectivity index (χ1n) is 6.91. The molecule has 0 aromatic carbocycles. The van der Waals surface area contributed by atoms with E-state index in [1.807, 2.05) is 11.9 Å². The Hall–Kier alpha value is -0.750. The van der Waals surface area contributed by atoms with Gasteiger partial charge in [0, 0.05) is 13.1 Å². The lowest BCUT2D eigenvalue weighted by Crippen LogP contribution is -2.39. The first-order chi connectivity index (χ1) is 9.13. The summed E-state index contributed by atoms with van der Waals surface area (Å²) >= 11 is 0. The van der Waals surface area contributed by atoms with E-state index in [9.17, 15) is 13.6 Å². The summed E-state index contributed by atoms with van der Waals surface area (Å²) in [6.07, 6.45) is 0.957. The fourth-order valence-corrected chi connectivity index (χ4v) is 2.31. The van der Waals surface area contributed by atoms with E-state index in [0.29, 0.717) is 5.92 Å². The maximum atomic E-state index is 11.8. The SMILES string of the molecule is CNCCC1CCN(C(=O)CCOCC(F)F)CC1. The first-order valence-corrected chi connectivity index (χ1v) is 6.91. The van der Waals surface area contributed by atoms with Gasteiger partial charge < -0.3 is 15.0 Å². The number of halogens is 2. The van der Waals surface area contributed by atoms with E-state index >= 15 is 0 Å². The highest BCUT2D eigenvalue weighted by Gasteiger charge is 2.22. The molecular formula is C13H24F2N2O2. The third kappa shape index (κ3) is 6.82. The molecule has 0 atom stereocenters. The molecule has 0 spiro atoms. The van der Waals surface area contributed by atoms with E-state index in [4.69, 9.17) is 4.74 Å². The van der Waals surface area contributed by atoms with E-state index in [2.05, 4.69) is 5.32 Å². The molecule has 1 amide bonds. The number of piperidine rings is 1. The van der Waals surface area contributed by atoms with Crippen molar-refractivity contribution < 1.29 is 18.3 Å². The van der Waals surface area contributed by atoms with Gasteiger partial charge in [-0.3, -0.25) is 4.79 Å². The Bertz CT molecular complexity index is 257. The fourth-order valence-electron chi connectivity index (χ4n) is 2.31. The van der Waals surface area contributed by atoms with Crippen molar-refractivity contribution in [3.8, 4) is 0 Å². The van der Waals surface area contributed by atoms with Crippen molar-refractivity contribution in [2.45, 2.75) is 32.1 Å². The number of hydrogen-bond donors (Lipinski definition) is 1. The highest BCUT2D eigenvalue weighted by Crippen LogP contribution is 2.20. The van der Waals surface area contributed by atoms with Gasteiger partial charge in [-0.1, -0.05) is 0 Å². The molecule has 0 unspecified atom stereocenters. The molecule has 0 radical (unpaired) electrons. The summed E-state index contributed by atoms with van der Waals surface area (Å²) in [5, 5.41) is 3.13. The molecule has 1 saturated heterocycles. The number of amides is 1. The van der Waals surface area contributed by atoms with E-state index in [-0.39, 0.29) is 18.9 Å². The average Bonchev–Trinajstić information content (AvgIpc) is 2.41. The quantitative estimate of drug-likeness (QED) is 0.684. The Balaban J connectivity index is 2.11. The average molecular weight is 278 g/mol. The van der Waals surface area contributed by atoms with Crippen LogP contribution < -0.4 is 5.32 Å². The monoisotopic (exact) mass is 278 g/mol. The maximum Gasteiger partial charge on any atom is 0.261 e. The molecule has 1 rings (SSSR count). The van der Waals surface area contributed by atoms with Crippen LogP contribution in [0.25, 0.3) is 0 Å². The van der Waals surface area contributed by atoms with Crippen LogP contribution in [0.4, 0.5) is 8.78 Å². The van der Waals surface area contributed by atoms with Crippen LogP contribution in [-0.2, 0) is 9.53 Å². The summed E-state index contributed by atoms with van der Waals surface area (Å²) in [4.78, 5) is 13.6. The number of alkyl halides is 2. The number of hydrogen-bond acceptors (Lipinski definition) is 3. The molecule has 112 valence electrons. The van der Waals surface area contributed by atoms with Crippen LogP contribution in [0.3, 0.4) is 0 Å². The second-order valence-electron chi connectivity index (χ2n) is 4.93. The summed E-state index contributed by atoms with van der Waals surface area (Å²) in [6.45, 7) is 2.08. The predicted octanol–water partition coefficient (Wildman–Crippen LogP) is 1.51. The van der Waals surface area contributed by atoms with Crippen LogP contribution in [-0.4, -0.2) is 57.1 Å². The minimum atomic E-state index is -2.46. The van der Waals surface area contributed by atoms with Gasteiger partial charge in [0.1, 0.15) is 6.61 Å². The minimum Gasteiger partial charge on any atom is -0.375 e. The molecule has 0 aromatic rings. The topological polar surface area (TPSA) is 41.6 Å². The maximum absolute atomic E-state index is 11.8. The standard InChI is InChI=1S/C13H24F2N2O2/c1-16-6-2-11-3-7-17(8-4-11)13(18)5-9-19-10-12(14)15/h11-12,16H,2-10H2,1H3. The Morgan fingerprint density at radius 2 is 2.11 bits per heavy atom. The van der Waals surface area contributed by atoms with Crippen LogP contribution >= 0.6 is 0 Å². The largest absolute Gasteiger partial charge is 0.375 e. The second-order valence-corrected chi connectivity index (χ2v) is 4.93. The molecule has 19 heavy (non-hydrogen) atoms. The molecule has 1 fully saturated rings. The number of nitrogens with one attached hydrogen (secondary N) is 1. The number of ether oxygens (including phenoxy) is 1. The van der Waals surface area contributed by atoms with E-state index in [1.54, 1.807) is 0 Å². The first kappa shape index (κ1) is 16.3. The highest BCUT2D eigenvalue weighted by molar-refractivity contribution is 5.76. The number of carbonyl (C=O) groups is 1. The second kappa shape index (κ2) is 9.20. The normalized spacial score (nSPS) is 17.2. The summed E-state index contributed by atoms with van der Waals surface area (Å²) in [6, 6.07) is 0. The number of likely N-dealkylation sites (tertiary alicyclic amines) is 1. The molecular weight excluding hydrogens is 254 g/mol. The van der Waals surface area contributed by atoms with Crippen molar-refractivity contribution in [1.29, 1.82) is 0 Å². The van der Waals surface area contributed by atoms with E-state index in [0.717, 1.165) is 38.9 Å². The van der Waals surface area contributed by atoms with Gasteiger partial charge in [-0.25, -0.2) is 8.78 Å². The molecule has 0 bridgehead atoms. The van der Waals surface area contributed by atoms with Crippen LogP contribution in [0.1, 0.15) is 25.7 Å². The molecule has 0 aromatic heterocycles. The zero-order valence-electron chi connectivity index (χ0n) is 11.5. The van der Waals surface area contributed by atoms with Crippen LogP contribution in [0.15, 0.2) is 0 Å². The van der Waals surface area contributed by atoms with Gasteiger partial charge in [0.2, 0.25) is 5.91 Å². The van der Waals surface area contributed by atoms with Gasteiger partial charge in [-0.15, -0.1) is 0 Å². The summed E-state index contributed by atoms with van der Waals surface area (Å²) in [7, 11) is 1.94. The minimum absolute atomic E-state index is 0.0151. The zero-order valence-corrected chi connectivity index (χ0v) is 11.5. The highest BCUT2D eigenvalue weighted by atomic mass is 19.3. The van der Waals surface area contributed by atoms with Crippen molar-refractivity contribution in [3.63, 3.8) is 0 Å². The molecule has 1 aliphatic rings. The van der Waals surface area contributed by atoms with Gasteiger partial charge in [-0.2, -0.15) is 0 Å². The lowest BCUT2D eigenvalue weighted by Gasteiger charge is -2.32. The van der Waals surface area contributed by atoms with Gasteiger partial charge in [0.15, 0.2) is 0 Å². The molecule has 0 saturated carbocycles. The zero-order chi connectivity index (χ0) is 14.1. The Kier molecular flexibility index (Phi) is 7.90. The van der Waals surface area contributed by atoms with Crippen LogP contribution in [0, 0.1) is 5.92 Å². The van der Waals surface area contributed by atoms with Crippen LogP contribution in [0.5, 0.6) is 0 Å². The van der Waals surface area contributed by atoms with Crippen molar-refractivity contribution in [1.82, 2.24) is 10.2 Å². The summed E-state index contributed by atoms with van der Waals surface area (Å²) < 4.78 is 28.4. The lowest BCUT2D eigenvalue weighted by molar-refractivity contribution is -0.134. The summed E-state index contributed by atoms with van der Waals surface area (Å²) in [5.41, 5.74) is 0. The molecule has 1 N–H and O–H groups in total. The lowest BCUT2D eigenvalue weighted by atomic mass is 9.93. The van der Waals surface area contributed by atoms with Crippen molar-refractivity contribution in [2.75, 3.05) is 39.9 Å². The smallest absolute Gasteiger partial charge is 0.261 e. The van der Waals surface area contributed by atoms with Crippen molar-refractivity contribution >= 4 is 5.91 Å². The van der Waals surface area contributed by atoms with E-state index < -0.39 is 13.0 Å². The Morgan fingerprint density at radius 1 is 1.42 bits per heavy atom. The van der Waals surface area contributed by atoms with Gasteiger partial charge in [-0.05, 0) is 38.8 Å². The molecule has 1 heterocycles. The number of rotatable bonds is 8. The van der Waals surface area contributed by atoms with Gasteiger partial charge in [0.05, 0.1) is 13.0 Å². The molecule has 6 heteroatoms. The molecule has 4 nitrogen and oxygen atoms in total. The van der Waals surface area contributed by atoms with E-state index in [1.165, 1.54) is 0 Å². The Labute approximate surface area is 113 Å². The van der Waals surface area contributed by atoms with Gasteiger partial charge in [0.25, 0.3) is 6.43 Å². The van der Waals surface area contributed by atoms with Crippen molar-refractivity contribution in [3.05, 3.63) is 0 Å². The third-order valence-electron chi connectivity index (χ3n) is 3.47. The number of carbonyl (C=O) groups excluding carboxylic acids is 1. The van der Waals surface area contributed by atoms with Gasteiger partial charge >= 0.3 is 0 Å². The Morgan fingerprint density at radius 3 is 2.68 bits per heavy atom. The number of nitrogens with zero attached hydrogens (tertiary/aromatic N) is 1.